The van der Waals surface area contributed by atoms with Gasteiger partial charge < -0.3 is 4.74 Å². The van der Waals surface area contributed by atoms with Gasteiger partial charge >= 0.3 is 0 Å². The Kier molecular flexibility index (Phi) is 3.77. The van der Waals surface area contributed by atoms with E-state index >= 15 is 0 Å². The Labute approximate surface area is 111 Å². The number of ether oxygens (including phenoxy) is 1. The maximum absolute atomic E-state index is 5.88. The van der Waals surface area contributed by atoms with Crippen LogP contribution in [0.5, 0.6) is 0 Å². The van der Waals surface area contributed by atoms with Crippen LogP contribution in [0.15, 0.2) is 17.8 Å². The number of aromatic nitrogens is 4. The van der Waals surface area contributed by atoms with Crippen LogP contribution < -0.4 is 0 Å². The van der Waals surface area contributed by atoms with Gasteiger partial charge in [0.15, 0.2) is 0 Å². The third-order valence-electron chi connectivity index (χ3n) is 2.83. The second-order valence-corrected chi connectivity index (χ2v) is 5.69. The molecule has 0 aromatic carbocycles. The van der Waals surface area contributed by atoms with Crippen LogP contribution >= 0.6 is 11.5 Å². The van der Waals surface area contributed by atoms with E-state index < -0.39 is 0 Å². The Morgan fingerprint density at radius 1 is 1.44 bits per heavy atom. The lowest BCUT2D eigenvalue weighted by Crippen LogP contribution is -2.22. The maximum atomic E-state index is 5.88. The Morgan fingerprint density at radius 2 is 2.22 bits per heavy atom. The van der Waals surface area contributed by atoms with E-state index in [2.05, 4.69) is 28.5 Å². The SMILES string of the molecule is CC(C)c1cn(COC(C)(C)c2cnsc2)nn1. The Hall–Kier alpha value is -1.27. The van der Waals surface area contributed by atoms with Gasteiger partial charge in [0.25, 0.3) is 0 Å². The maximum Gasteiger partial charge on any atom is 0.142 e. The van der Waals surface area contributed by atoms with Gasteiger partial charge in [-0.3, -0.25) is 0 Å². The summed E-state index contributed by atoms with van der Waals surface area (Å²) in [5, 5.41) is 10.2. The monoisotopic (exact) mass is 266 g/mol. The van der Waals surface area contributed by atoms with Crippen molar-refractivity contribution >= 4 is 11.5 Å². The van der Waals surface area contributed by atoms with Gasteiger partial charge in [-0.2, -0.15) is 0 Å². The second-order valence-electron chi connectivity index (χ2n) is 5.03. The third-order valence-corrected chi connectivity index (χ3v) is 3.42. The lowest BCUT2D eigenvalue weighted by Gasteiger charge is -2.23. The van der Waals surface area contributed by atoms with Gasteiger partial charge in [-0.1, -0.05) is 19.1 Å². The first-order valence-corrected chi connectivity index (χ1v) is 6.76. The Morgan fingerprint density at radius 3 is 2.78 bits per heavy atom. The van der Waals surface area contributed by atoms with Gasteiger partial charge in [-0.15, -0.1) is 5.10 Å². The minimum absolute atomic E-state index is 0.364. The van der Waals surface area contributed by atoms with Crippen molar-refractivity contribution in [3.63, 3.8) is 0 Å². The number of hydrogen-bond acceptors (Lipinski definition) is 5. The molecule has 0 aliphatic heterocycles. The summed E-state index contributed by atoms with van der Waals surface area (Å²) in [4.78, 5) is 0. The first kappa shape index (κ1) is 13.2. The average molecular weight is 266 g/mol. The van der Waals surface area contributed by atoms with Gasteiger partial charge in [-0.05, 0) is 31.3 Å². The summed E-state index contributed by atoms with van der Waals surface area (Å²) in [7, 11) is 0. The van der Waals surface area contributed by atoms with Gasteiger partial charge in [0.1, 0.15) is 6.73 Å². The van der Waals surface area contributed by atoms with Crippen molar-refractivity contribution in [2.75, 3.05) is 0 Å². The molecule has 5 nitrogen and oxygen atoms in total. The van der Waals surface area contributed by atoms with E-state index in [-0.39, 0.29) is 5.60 Å². The van der Waals surface area contributed by atoms with Crippen molar-refractivity contribution in [3.05, 3.63) is 29.0 Å². The van der Waals surface area contributed by atoms with Crippen LogP contribution in [0.2, 0.25) is 0 Å². The van der Waals surface area contributed by atoms with E-state index in [1.54, 1.807) is 4.68 Å². The smallest absolute Gasteiger partial charge is 0.142 e. The topological polar surface area (TPSA) is 52.8 Å². The summed E-state index contributed by atoms with van der Waals surface area (Å²) in [6.07, 6.45) is 3.76. The molecule has 2 rings (SSSR count). The van der Waals surface area contributed by atoms with E-state index in [1.165, 1.54) is 11.5 Å². The summed E-state index contributed by atoms with van der Waals surface area (Å²) in [5.74, 6) is 0.382. The molecular formula is C12H18N4OS. The molecule has 6 heteroatoms. The van der Waals surface area contributed by atoms with E-state index in [1.807, 2.05) is 31.6 Å². The largest absolute Gasteiger partial charge is 0.349 e. The Balaban J connectivity index is 1.98. The minimum atomic E-state index is -0.364. The van der Waals surface area contributed by atoms with Crippen LogP contribution in [0.3, 0.4) is 0 Å². The Bertz CT molecular complexity index is 490. The number of hydrogen-bond donors (Lipinski definition) is 0. The van der Waals surface area contributed by atoms with E-state index in [0.29, 0.717) is 12.6 Å². The van der Waals surface area contributed by atoms with Crippen molar-refractivity contribution in [2.24, 2.45) is 0 Å². The van der Waals surface area contributed by atoms with Crippen LogP contribution in [0.4, 0.5) is 0 Å². The fraction of sp³-hybridized carbons (Fsp3) is 0.583. The molecule has 0 saturated carbocycles. The first-order valence-electron chi connectivity index (χ1n) is 5.93. The molecule has 0 spiro atoms. The molecule has 0 fully saturated rings. The molecule has 0 atom stereocenters. The van der Waals surface area contributed by atoms with Gasteiger partial charge in [0, 0.05) is 17.1 Å². The standard InChI is InChI=1S/C12H18N4OS/c1-9(2)11-6-16(15-14-11)8-17-12(3,4)10-5-13-18-7-10/h5-7,9H,8H2,1-4H3. The minimum Gasteiger partial charge on any atom is -0.349 e. The van der Waals surface area contributed by atoms with Crippen molar-refractivity contribution in [2.45, 2.75) is 45.9 Å². The van der Waals surface area contributed by atoms with Crippen molar-refractivity contribution in [3.8, 4) is 0 Å². The van der Waals surface area contributed by atoms with Crippen LogP contribution in [0.1, 0.15) is 44.9 Å². The van der Waals surface area contributed by atoms with Gasteiger partial charge in [0.05, 0.1) is 17.5 Å². The van der Waals surface area contributed by atoms with Gasteiger partial charge in [-0.25, -0.2) is 9.06 Å². The average Bonchev–Trinajstić information content (AvgIpc) is 2.98. The fourth-order valence-electron chi connectivity index (χ4n) is 1.45. The molecule has 0 amide bonds. The quantitative estimate of drug-likeness (QED) is 0.835. The highest BCUT2D eigenvalue weighted by Crippen LogP contribution is 2.25. The fourth-order valence-corrected chi connectivity index (χ4v) is 2.15. The molecule has 2 aromatic heterocycles. The molecule has 2 heterocycles. The number of rotatable bonds is 5. The molecule has 0 unspecified atom stereocenters. The molecule has 98 valence electrons. The highest BCUT2D eigenvalue weighted by molar-refractivity contribution is 7.03. The van der Waals surface area contributed by atoms with Crippen LogP contribution in [-0.4, -0.2) is 19.4 Å². The van der Waals surface area contributed by atoms with Crippen molar-refractivity contribution in [1.29, 1.82) is 0 Å². The van der Waals surface area contributed by atoms with Crippen LogP contribution in [0, 0.1) is 0 Å². The van der Waals surface area contributed by atoms with E-state index in [4.69, 9.17) is 4.74 Å². The summed E-state index contributed by atoms with van der Waals surface area (Å²) < 4.78 is 11.7. The summed E-state index contributed by atoms with van der Waals surface area (Å²) in [5.41, 5.74) is 1.70. The molecule has 0 bridgehead atoms. The molecule has 2 aromatic rings. The van der Waals surface area contributed by atoms with Crippen molar-refractivity contribution in [1.82, 2.24) is 19.4 Å². The highest BCUT2D eigenvalue weighted by Gasteiger charge is 2.22. The lowest BCUT2D eigenvalue weighted by molar-refractivity contribution is -0.0655. The van der Waals surface area contributed by atoms with Gasteiger partial charge in [0.2, 0.25) is 0 Å². The molecule has 0 saturated heterocycles. The molecule has 0 aliphatic carbocycles. The van der Waals surface area contributed by atoms with Crippen molar-refractivity contribution < 1.29 is 4.74 Å². The zero-order valence-corrected chi connectivity index (χ0v) is 11.9. The molecule has 0 radical (unpaired) electrons. The summed E-state index contributed by atoms with van der Waals surface area (Å²) in [6.45, 7) is 8.63. The van der Waals surface area contributed by atoms with Crippen LogP contribution in [0.25, 0.3) is 0 Å². The normalized spacial score (nSPS) is 12.3. The highest BCUT2D eigenvalue weighted by atomic mass is 32.1. The predicted octanol–water partition coefficient (Wildman–Crippen LogP) is 2.77. The third kappa shape index (κ3) is 2.94. The summed E-state index contributed by atoms with van der Waals surface area (Å²) in [6, 6.07) is 0. The molecule has 18 heavy (non-hydrogen) atoms. The van der Waals surface area contributed by atoms with E-state index in [0.717, 1.165) is 11.3 Å². The second kappa shape index (κ2) is 5.16. The molecule has 0 N–H and O–H groups in total. The van der Waals surface area contributed by atoms with Crippen LogP contribution in [-0.2, 0) is 17.1 Å². The number of nitrogens with zero attached hydrogens (tertiary/aromatic N) is 4. The van der Waals surface area contributed by atoms with E-state index in [9.17, 15) is 0 Å². The molecule has 0 aliphatic rings. The zero-order valence-electron chi connectivity index (χ0n) is 11.1. The lowest BCUT2D eigenvalue weighted by atomic mass is 10.0. The summed E-state index contributed by atoms with van der Waals surface area (Å²) >= 11 is 1.43. The predicted molar refractivity (Wildman–Crippen MR) is 70.3 cm³/mol. The zero-order chi connectivity index (χ0) is 13.2. The first-order chi connectivity index (χ1) is 8.49. The molecular weight excluding hydrogens is 248 g/mol.